The lowest BCUT2D eigenvalue weighted by Crippen LogP contribution is -2.35. The molecular weight excluding hydrogens is 240 g/mol. The van der Waals surface area contributed by atoms with Crippen molar-refractivity contribution >= 4 is 11.6 Å². The van der Waals surface area contributed by atoms with E-state index in [1.165, 1.54) is 0 Å². The van der Waals surface area contributed by atoms with Crippen molar-refractivity contribution in [3.8, 4) is 6.07 Å². The number of carbonyl (C=O) groups excluding carboxylic acids is 1. The minimum atomic E-state index is -0.0452. The third-order valence-corrected chi connectivity index (χ3v) is 2.78. The fourth-order valence-electron chi connectivity index (χ4n) is 1.75. The summed E-state index contributed by atoms with van der Waals surface area (Å²) < 4.78 is 0. The van der Waals surface area contributed by atoms with E-state index >= 15 is 0 Å². The van der Waals surface area contributed by atoms with Gasteiger partial charge in [0.15, 0.2) is 0 Å². The van der Waals surface area contributed by atoms with Gasteiger partial charge in [0.1, 0.15) is 6.07 Å². The van der Waals surface area contributed by atoms with Crippen LogP contribution in [-0.4, -0.2) is 26.0 Å². The molecule has 0 aromatic heterocycles. The second-order valence-corrected chi connectivity index (χ2v) is 4.37. The molecule has 0 fully saturated rings. The Kier molecular flexibility index (Phi) is 5.83. The molecule has 0 unspecified atom stereocenters. The maximum absolute atomic E-state index is 11.7. The van der Waals surface area contributed by atoms with Gasteiger partial charge in [-0.1, -0.05) is 13.0 Å². The van der Waals surface area contributed by atoms with Gasteiger partial charge in [-0.15, -0.1) is 0 Å². The molecule has 0 aliphatic carbocycles. The van der Waals surface area contributed by atoms with Crippen molar-refractivity contribution in [1.82, 2.24) is 5.32 Å². The summed E-state index contributed by atoms with van der Waals surface area (Å²) in [5.74, 6) is -0.0452. The smallest absolute Gasteiger partial charge is 0.239 e. The van der Waals surface area contributed by atoms with Crippen LogP contribution in [0.5, 0.6) is 0 Å². The lowest BCUT2D eigenvalue weighted by molar-refractivity contribution is -0.119. The average molecular weight is 260 g/mol. The number of likely N-dealkylation sites (N-methyl/N-ethyl adjacent to an activating group) is 1. The molecule has 102 valence electrons. The van der Waals surface area contributed by atoms with E-state index in [1.54, 1.807) is 18.0 Å². The van der Waals surface area contributed by atoms with Gasteiger partial charge >= 0.3 is 0 Å². The van der Waals surface area contributed by atoms with Crippen LogP contribution in [0.25, 0.3) is 0 Å². The lowest BCUT2D eigenvalue weighted by Gasteiger charge is -2.20. The number of carbonyl (C=O) groups is 1. The van der Waals surface area contributed by atoms with Gasteiger partial charge in [-0.3, -0.25) is 4.79 Å². The van der Waals surface area contributed by atoms with Gasteiger partial charge in [-0.05, 0) is 24.1 Å². The summed E-state index contributed by atoms with van der Waals surface area (Å²) in [5.41, 5.74) is 7.73. The van der Waals surface area contributed by atoms with E-state index < -0.39 is 0 Å². The highest BCUT2D eigenvalue weighted by Gasteiger charge is 2.11. The van der Waals surface area contributed by atoms with E-state index in [9.17, 15) is 4.79 Å². The van der Waals surface area contributed by atoms with E-state index in [0.717, 1.165) is 17.7 Å². The second-order valence-electron chi connectivity index (χ2n) is 4.37. The summed E-state index contributed by atoms with van der Waals surface area (Å²) >= 11 is 0. The molecule has 0 atom stereocenters. The Balaban J connectivity index is 2.79. The summed E-state index contributed by atoms with van der Waals surface area (Å²) in [6.07, 6.45) is 0.907. The molecule has 5 nitrogen and oxygen atoms in total. The van der Waals surface area contributed by atoms with Gasteiger partial charge in [-0.2, -0.15) is 5.26 Å². The highest BCUT2D eigenvalue weighted by Crippen LogP contribution is 2.20. The maximum atomic E-state index is 11.7. The summed E-state index contributed by atoms with van der Waals surface area (Å²) in [4.78, 5) is 13.4. The number of benzene rings is 1. The van der Waals surface area contributed by atoms with Crippen molar-refractivity contribution in [2.24, 2.45) is 5.73 Å². The minimum absolute atomic E-state index is 0.0452. The molecule has 5 heteroatoms. The fraction of sp³-hybridized carbons (Fsp3) is 0.429. The van der Waals surface area contributed by atoms with Crippen LogP contribution < -0.4 is 16.0 Å². The largest absolute Gasteiger partial charge is 0.364 e. The van der Waals surface area contributed by atoms with Crippen LogP contribution in [0, 0.1) is 11.3 Å². The molecule has 0 saturated carbocycles. The maximum Gasteiger partial charge on any atom is 0.239 e. The first-order valence-corrected chi connectivity index (χ1v) is 6.33. The molecule has 1 aromatic rings. The average Bonchev–Trinajstić information content (AvgIpc) is 2.44. The number of hydrogen-bond donors (Lipinski definition) is 2. The monoisotopic (exact) mass is 260 g/mol. The van der Waals surface area contributed by atoms with E-state index in [1.807, 2.05) is 19.1 Å². The van der Waals surface area contributed by atoms with Crippen LogP contribution in [-0.2, 0) is 11.3 Å². The van der Waals surface area contributed by atoms with Gasteiger partial charge in [0, 0.05) is 20.1 Å². The normalized spacial score (nSPS) is 9.79. The predicted octanol–water partition coefficient (Wildman–Crippen LogP) is 0.979. The molecule has 19 heavy (non-hydrogen) atoms. The van der Waals surface area contributed by atoms with Crippen LogP contribution in [0.15, 0.2) is 18.2 Å². The van der Waals surface area contributed by atoms with Crippen LogP contribution in [0.2, 0.25) is 0 Å². The van der Waals surface area contributed by atoms with Crippen molar-refractivity contribution in [3.05, 3.63) is 29.3 Å². The first-order valence-electron chi connectivity index (χ1n) is 6.33. The van der Waals surface area contributed by atoms with Gasteiger partial charge in [0.25, 0.3) is 0 Å². The Morgan fingerprint density at radius 1 is 1.53 bits per heavy atom. The topological polar surface area (TPSA) is 82.2 Å². The minimum Gasteiger partial charge on any atom is -0.364 e. The number of hydrogen-bond acceptors (Lipinski definition) is 4. The SMILES string of the molecule is CCCNC(=O)CN(C)c1ccc(CN)cc1C#N. The predicted molar refractivity (Wildman–Crippen MR) is 75.6 cm³/mol. The van der Waals surface area contributed by atoms with Crippen molar-refractivity contribution in [3.63, 3.8) is 0 Å². The Morgan fingerprint density at radius 3 is 2.84 bits per heavy atom. The van der Waals surface area contributed by atoms with E-state index in [-0.39, 0.29) is 12.5 Å². The number of anilines is 1. The van der Waals surface area contributed by atoms with Crippen LogP contribution in [0.4, 0.5) is 5.69 Å². The molecule has 0 radical (unpaired) electrons. The van der Waals surface area contributed by atoms with Crippen molar-refractivity contribution < 1.29 is 4.79 Å². The Morgan fingerprint density at radius 2 is 2.26 bits per heavy atom. The molecule has 3 N–H and O–H groups in total. The lowest BCUT2D eigenvalue weighted by atomic mass is 10.1. The zero-order valence-electron chi connectivity index (χ0n) is 11.4. The van der Waals surface area contributed by atoms with Crippen molar-refractivity contribution in [2.75, 3.05) is 25.0 Å². The van der Waals surface area contributed by atoms with E-state index in [2.05, 4.69) is 11.4 Å². The number of nitriles is 1. The summed E-state index contributed by atoms with van der Waals surface area (Å²) in [5, 5.41) is 12.0. The van der Waals surface area contributed by atoms with Crippen molar-refractivity contribution in [1.29, 1.82) is 5.26 Å². The molecule has 0 aliphatic heterocycles. The molecule has 1 amide bonds. The number of nitrogens with one attached hydrogen (secondary N) is 1. The number of nitrogens with zero attached hydrogens (tertiary/aromatic N) is 2. The quantitative estimate of drug-likeness (QED) is 0.798. The number of amides is 1. The van der Waals surface area contributed by atoms with Gasteiger partial charge in [0.05, 0.1) is 17.8 Å². The standard InChI is InChI=1S/C14H20N4O/c1-3-6-17-14(19)10-18(2)13-5-4-11(8-15)7-12(13)9-16/h4-5,7H,3,6,8,10,15H2,1-2H3,(H,17,19). The zero-order chi connectivity index (χ0) is 14.3. The molecule has 0 saturated heterocycles. The van der Waals surface area contributed by atoms with Crippen LogP contribution in [0.1, 0.15) is 24.5 Å². The van der Waals surface area contributed by atoms with Crippen molar-refractivity contribution in [2.45, 2.75) is 19.9 Å². The van der Waals surface area contributed by atoms with Crippen LogP contribution in [0.3, 0.4) is 0 Å². The highest BCUT2D eigenvalue weighted by molar-refractivity contribution is 5.81. The Hall–Kier alpha value is -2.06. The third-order valence-electron chi connectivity index (χ3n) is 2.78. The first kappa shape index (κ1) is 15.0. The van der Waals surface area contributed by atoms with Gasteiger partial charge in [-0.25, -0.2) is 0 Å². The summed E-state index contributed by atoms with van der Waals surface area (Å²) in [7, 11) is 1.80. The Bertz CT molecular complexity index is 479. The molecule has 0 spiro atoms. The number of nitrogens with two attached hydrogens (primary N) is 1. The van der Waals surface area contributed by atoms with Crippen LogP contribution >= 0.6 is 0 Å². The van der Waals surface area contributed by atoms with Gasteiger partial charge in [0.2, 0.25) is 5.91 Å². The number of rotatable bonds is 6. The molecule has 0 bridgehead atoms. The third kappa shape index (κ3) is 4.27. The van der Waals surface area contributed by atoms with Gasteiger partial charge < -0.3 is 16.0 Å². The molecule has 1 rings (SSSR count). The summed E-state index contributed by atoms with van der Waals surface area (Å²) in [6.45, 7) is 3.31. The molecular formula is C14H20N4O. The van der Waals surface area contributed by atoms with E-state index in [0.29, 0.717) is 18.7 Å². The van der Waals surface area contributed by atoms with E-state index in [4.69, 9.17) is 11.0 Å². The Labute approximate surface area is 114 Å². The second kappa shape index (κ2) is 7.39. The first-order chi connectivity index (χ1) is 9.12. The molecule has 1 aromatic carbocycles. The fourth-order valence-corrected chi connectivity index (χ4v) is 1.75. The molecule has 0 heterocycles. The summed E-state index contributed by atoms with van der Waals surface area (Å²) in [6, 6.07) is 7.60. The zero-order valence-corrected chi connectivity index (χ0v) is 11.4. The highest BCUT2D eigenvalue weighted by atomic mass is 16.2. The molecule has 0 aliphatic rings.